The van der Waals surface area contributed by atoms with Gasteiger partial charge in [-0.25, -0.2) is 0 Å². The topological polar surface area (TPSA) is 20.3 Å². The van der Waals surface area contributed by atoms with Crippen molar-refractivity contribution in [2.75, 3.05) is 13.1 Å². The van der Waals surface area contributed by atoms with E-state index in [1.54, 1.807) is 6.07 Å². The van der Waals surface area contributed by atoms with E-state index in [1.165, 1.54) is 0 Å². The quantitative estimate of drug-likeness (QED) is 0.605. The number of rotatable bonds is 7. The van der Waals surface area contributed by atoms with Gasteiger partial charge < -0.3 is 4.90 Å². The molecule has 2 nitrogen and oxygen atoms in total. The van der Waals surface area contributed by atoms with E-state index < -0.39 is 0 Å². The Hall–Kier alpha value is -0.540. The molecule has 1 aromatic rings. The van der Waals surface area contributed by atoms with Crippen LogP contribution in [0.15, 0.2) is 22.7 Å². The number of amides is 1. The molecule has 1 amide bonds. The lowest BCUT2D eigenvalue weighted by atomic mass is 10.1. The molecule has 0 saturated heterocycles. The standard InChI is InChI=1S/C17H25BrClNO/c1-12(2)7-9-20(10-8-13(3)4)17(21)15-11-14(18)5-6-16(15)19/h5-6,11-13H,7-10H2,1-4H3. The zero-order chi connectivity index (χ0) is 16.0. The molecule has 0 bridgehead atoms. The highest BCUT2D eigenvalue weighted by atomic mass is 79.9. The molecule has 0 aliphatic carbocycles. The van der Waals surface area contributed by atoms with Gasteiger partial charge in [-0.1, -0.05) is 55.2 Å². The number of hydrogen-bond acceptors (Lipinski definition) is 1. The molecule has 0 N–H and O–H groups in total. The highest BCUT2D eigenvalue weighted by molar-refractivity contribution is 9.10. The third-order valence-electron chi connectivity index (χ3n) is 3.40. The summed E-state index contributed by atoms with van der Waals surface area (Å²) in [6.07, 6.45) is 2.02. The first kappa shape index (κ1) is 18.5. The summed E-state index contributed by atoms with van der Waals surface area (Å²) in [7, 11) is 0. The number of halogens is 2. The van der Waals surface area contributed by atoms with Gasteiger partial charge in [0.1, 0.15) is 0 Å². The predicted molar refractivity (Wildman–Crippen MR) is 94.0 cm³/mol. The minimum Gasteiger partial charge on any atom is -0.339 e. The third kappa shape index (κ3) is 6.39. The average molecular weight is 375 g/mol. The van der Waals surface area contributed by atoms with E-state index in [0.29, 0.717) is 22.4 Å². The lowest BCUT2D eigenvalue weighted by molar-refractivity contribution is 0.0741. The molecule has 4 heteroatoms. The van der Waals surface area contributed by atoms with Gasteiger partial charge in [-0.3, -0.25) is 4.79 Å². The minimum absolute atomic E-state index is 0.0302. The van der Waals surface area contributed by atoms with Crippen LogP contribution in [0.5, 0.6) is 0 Å². The summed E-state index contributed by atoms with van der Waals surface area (Å²) in [4.78, 5) is 14.7. The molecule has 1 rings (SSSR count). The molecule has 21 heavy (non-hydrogen) atoms. The zero-order valence-corrected chi connectivity index (χ0v) is 15.7. The van der Waals surface area contributed by atoms with Crippen molar-refractivity contribution in [2.45, 2.75) is 40.5 Å². The van der Waals surface area contributed by atoms with Crippen molar-refractivity contribution in [3.8, 4) is 0 Å². The van der Waals surface area contributed by atoms with Crippen LogP contribution in [0.3, 0.4) is 0 Å². The maximum atomic E-state index is 12.8. The summed E-state index contributed by atoms with van der Waals surface area (Å²) in [5.74, 6) is 1.19. The Bertz CT molecular complexity index is 462. The van der Waals surface area contributed by atoms with Crippen molar-refractivity contribution in [3.05, 3.63) is 33.3 Å². The van der Waals surface area contributed by atoms with E-state index in [9.17, 15) is 4.79 Å². The number of nitrogens with zero attached hydrogens (tertiary/aromatic N) is 1. The van der Waals surface area contributed by atoms with E-state index >= 15 is 0 Å². The highest BCUT2D eigenvalue weighted by Gasteiger charge is 2.19. The fraction of sp³-hybridized carbons (Fsp3) is 0.588. The lowest BCUT2D eigenvalue weighted by Gasteiger charge is -2.25. The van der Waals surface area contributed by atoms with Crippen LogP contribution in [0.1, 0.15) is 50.9 Å². The summed E-state index contributed by atoms with van der Waals surface area (Å²) < 4.78 is 0.878. The Morgan fingerprint density at radius 2 is 1.67 bits per heavy atom. The minimum atomic E-state index is 0.0302. The number of carbonyl (C=O) groups excluding carboxylic acids is 1. The fourth-order valence-electron chi connectivity index (χ4n) is 1.97. The molecule has 0 atom stereocenters. The van der Waals surface area contributed by atoms with Gasteiger partial charge >= 0.3 is 0 Å². The maximum Gasteiger partial charge on any atom is 0.255 e. The van der Waals surface area contributed by atoms with Gasteiger partial charge in [-0.15, -0.1) is 0 Å². The van der Waals surface area contributed by atoms with Crippen molar-refractivity contribution in [2.24, 2.45) is 11.8 Å². The van der Waals surface area contributed by atoms with Crippen LogP contribution in [0, 0.1) is 11.8 Å². The Balaban J connectivity index is 2.89. The zero-order valence-electron chi connectivity index (χ0n) is 13.3. The van der Waals surface area contributed by atoms with Crippen LogP contribution in [0.25, 0.3) is 0 Å². The molecule has 0 unspecified atom stereocenters. The molecule has 0 fully saturated rings. The van der Waals surface area contributed by atoms with E-state index in [0.717, 1.165) is 30.4 Å². The highest BCUT2D eigenvalue weighted by Crippen LogP contribution is 2.23. The predicted octanol–water partition coefficient (Wildman–Crippen LogP) is 5.64. The lowest BCUT2D eigenvalue weighted by Crippen LogP contribution is -2.34. The van der Waals surface area contributed by atoms with Crippen LogP contribution < -0.4 is 0 Å². The largest absolute Gasteiger partial charge is 0.339 e. The average Bonchev–Trinajstić information content (AvgIpc) is 2.40. The van der Waals surface area contributed by atoms with E-state index in [1.807, 2.05) is 17.0 Å². The second kappa shape index (κ2) is 8.79. The Morgan fingerprint density at radius 1 is 1.14 bits per heavy atom. The summed E-state index contributed by atoms with van der Waals surface area (Å²) in [6.45, 7) is 10.3. The van der Waals surface area contributed by atoms with Crippen LogP contribution in [0.4, 0.5) is 0 Å². The summed E-state index contributed by atoms with van der Waals surface area (Å²) in [6, 6.07) is 5.43. The molecule has 0 saturated carbocycles. The molecular weight excluding hydrogens is 350 g/mol. The van der Waals surface area contributed by atoms with Crippen molar-refractivity contribution in [1.29, 1.82) is 0 Å². The van der Waals surface area contributed by atoms with Crippen molar-refractivity contribution >= 4 is 33.4 Å². The Kier molecular flexibility index (Phi) is 7.75. The van der Waals surface area contributed by atoms with Gasteiger partial charge in [0.2, 0.25) is 0 Å². The van der Waals surface area contributed by atoms with Crippen LogP contribution >= 0.6 is 27.5 Å². The summed E-state index contributed by atoms with van der Waals surface area (Å²) in [5.41, 5.74) is 0.582. The third-order valence-corrected chi connectivity index (χ3v) is 4.22. The van der Waals surface area contributed by atoms with E-state index in [4.69, 9.17) is 11.6 Å². The number of benzene rings is 1. The Morgan fingerprint density at radius 3 is 2.14 bits per heavy atom. The SMILES string of the molecule is CC(C)CCN(CCC(C)C)C(=O)c1cc(Br)ccc1Cl. The molecule has 0 aliphatic heterocycles. The monoisotopic (exact) mass is 373 g/mol. The normalized spacial score (nSPS) is 11.2. The Labute approximate surface area is 142 Å². The molecular formula is C17H25BrClNO. The number of carbonyl (C=O) groups is 1. The van der Waals surface area contributed by atoms with Crippen LogP contribution in [-0.2, 0) is 0 Å². The molecule has 0 radical (unpaired) electrons. The summed E-state index contributed by atoms with van der Waals surface area (Å²) in [5, 5.41) is 0.516. The summed E-state index contributed by atoms with van der Waals surface area (Å²) >= 11 is 9.60. The van der Waals surface area contributed by atoms with E-state index in [2.05, 4.69) is 43.6 Å². The van der Waals surface area contributed by atoms with Crippen molar-refractivity contribution in [1.82, 2.24) is 4.90 Å². The smallest absolute Gasteiger partial charge is 0.255 e. The molecule has 1 aromatic carbocycles. The van der Waals surface area contributed by atoms with Gasteiger partial charge in [0.05, 0.1) is 10.6 Å². The van der Waals surface area contributed by atoms with Gasteiger partial charge in [-0.2, -0.15) is 0 Å². The first-order valence-electron chi connectivity index (χ1n) is 7.55. The van der Waals surface area contributed by atoms with Gasteiger partial charge in [0, 0.05) is 17.6 Å². The fourth-order valence-corrected chi connectivity index (χ4v) is 2.53. The molecule has 118 valence electrons. The number of hydrogen-bond donors (Lipinski definition) is 0. The first-order valence-corrected chi connectivity index (χ1v) is 8.72. The van der Waals surface area contributed by atoms with Crippen molar-refractivity contribution < 1.29 is 4.79 Å². The van der Waals surface area contributed by atoms with E-state index in [-0.39, 0.29) is 5.91 Å². The second-order valence-electron chi connectivity index (χ2n) is 6.28. The molecule has 0 aromatic heterocycles. The first-order chi connectivity index (χ1) is 9.81. The second-order valence-corrected chi connectivity index (χ2v) is 7.60. The maximum absolute atomic E-state index is 12.8. The van der Waals surface area contributed by atoms with Crippen LogP contribution in [-0.4, -0.2) is 23.9 Å². The van der Waals surface area contributed by atoms with Gasteiger partial charge in [0.15, 0.2) is 0 Å². The van der Waals surface area contributed by atoms with Crippen molar-refractivity contribution in [3.63, 3.8) is 0 Å². The van der Waals surface area contributed by atoms with Gasteiger partial charge in [0.25, 0.3) is 5.91 Å². The molecule has 0 spiro atoms. The molecule has 0 aliphatic rings. The van der Waals surface area contributed by atoms with Crippen LogP contribution in [0.2, 0.25) is 5.02 Å². The van der Waals surface area contributed by atoms with Gasteiger partial charge in [-0.05, 0) is 42.9 Å². The molecule has 0 heterocycles.